The van der Waals surface area contributed by atoms with Crippen LogP contribution in [-0.4, -0.2) is 38.7 Å². The van der Waals surface area contributed by atoms with Gasteiger partial charge in [0.15, 0.2) is 11.6 Å². The Kier molecular flexibility index (Phi) is 4.87. The van der Waals surface area contributed by atoms with Crippen LogP contribution in [0.25, 0.3) is 0 Å². The molecule has 3 rings (SSSR count). The molecule has 7 heteroatoms. The summed E-state index contributed by atoms with van der Waals surface area (Å²) in [5, 5.41) is 8.05. The number of nitrogens with zero attached hydrogens (tertiary/aromatic N) is 4. The molecule has 2 aromatic rings. The molecule has 0 aliphatic carbocycles. The molecular formula is C17H20F2N4O. The molecule has 0 N–H and O–H groups in total. The van der Waals surface area contributed by atoms with Crippen molar-refractivity contribution in [3.63, 3.8) is 0 Å². The van der Waals surface area contributed by atoms with E-state index in [1.54, 1.807) is 6.33 Å². The van der Waals surface area contributed by atoms with Crippen molar-refractivity contribution >= 4 is 5.91 Å². The fraction of sp³-hybridized carbons (Fsp3) is 0.471. The number of carbonyl (C=O) groups excluding carboxylic acids is 1. The normalized spacial score (nSPS) is 15.7. The third kappa shape index (κ3) is 3.60. The van der Waals surface area contributed by atoms with Crippen LogP contribution < -0.4 is 0 Å². The van der Waals surface area contributed by atoms with Crippen LogP contribution in [0.2, 0.25) is 0 Å². The maximum atomic E-state index is 13.2. The summed E-state index contributed by atoms with van der Waals surface area (Å²) in [5.74, 6) is -0.395. The van der Waals surface area contributed by atoms with Crippen molar-refractivity contribution < 1.29 is 13.6 Å². The topological polar surface area (TPSA) is 51.0 Å². The third-order valence-electron chi connectivity index (χ3n) is 4.57. The van der Waals surface area contributed by atoms with E-state index in [4.69, 9.17) is 0 Å². The van der Waals surface area contributed by atoms with Gasteiger partial charge in [0.05, 0.1) is 0 Å². The van der Waals surface area contributed by atoms with Crippen LogP contribution in [0.5, 0.6) is 0 Å². The Hall–Kier alpha value is -2.31. The molecule has 1 aliphatic heterocycles. The zero-order valence-corrected chi connectivity index (χ0v) is 13.6. The summed E-state index contributed by atoms with van der Waals surface area (Å²) in [6.07, 6.45) is 4.14. The lowest BCUT2D eigenvalue weighted by atomic mass is 9.95. The van der Waals surface area contributed by atoms with Crippen molar-refractivity contribution in [1.82, 2.24) is 19.7 Å². The standard InChI is InChI=1S/C17H20F2N4O/c1-22-11-20-21-17(22)13-6-8-23(9-7-13)16(24)5-3-12-2-4-14(18)15(19)10-12/h2,4,10-11,13H,3,5-9H2,1H3. The minimum Gasteiger partial charge on any atom is -0.343 e. The Balaban J connectivity index is 1.50. The first-order valence-electron chi connectivity index (χ1n) is 8.10. The molecular weight excluding hydrogens is 314 g/mol. The molecule has 0 atom stereocenters. The summed E-state index contributed by atoms with van der Waals surface area (Å²) in [4.78, 5) is 14.1. The van der Waals surface area contributed by atoms with Crippen molar-refractivity contribution in [2.45, 2.75) is 31.6 Å². The predicted octanol–water partition coefficient (Wildman–Crippen LogP) is 2.43. The maximum Gasteiger partial charge on any atom is 0.222 e. The number of piperidine rings is 1. The van der Waals surface area contributed by atoms with E-state index >= 15 is 0 Å². The molecule has 1 saturated heterocycles. The average Bonchev–Trinajstić information content (AvgIpc) is 3.02. The highest BCUT2D eigenvalue weighted by Gasteiger charge is 2.26. The van der Waals surface area contributed by atoms with Crippen LogP contribution in [0, 0.1) is 11.6 Å². The van der Waals surface area contributed by atoms with Gasteiger partial charge >= 0.3 is 0 Å². The molecule has 1 amide bonds. The van der Waals surface area contributed by atoms with Crippen LogP contribution in [0.3, 0.4) is 0 Å². The average molecular weight is 334 g/mol. The molecule has 0 saturated carbocycles. The molecule has 2 heterocycles. The van der Waals surface area contributed by atoms with Crippen LogP contribution in [0.15, 0.2) is 24.5 Å². The van der Waals surface area contributed by atoms with Gasteiger partial charge in [-0.15, -0.1) is 10.2 Å². The van der Waals surface area contributed by atoms with Crippen LogP contribution in [-0.2, 0) is 18.3 Å². The second-order valence-corrected chi connectivity index (χ2v) is 6.20. The number of hydrogen-bond donors (Lipinski definition) is 0. The van der Waals surface area contributed by atoms with Crippen molar-refractivity contribution in [1.29, 1.82) is 0 Å². The molecule has 1 aromatic heterocycles. The van der Waals surface area contributed by atoms with Gasteiger partial charge in [0.25, 0.3) is 0 Å². The molecule has 0 spiro atoms. The number of benzene rings is 1. The Bertz CT molecular complexity index is 723. The highest BCUT2D eigenvalue weighted by molar-refractivity contribution is 5.76. The summed E-state index contributed by atoms with van der Waals surface area (Å²) in [7, 11) is 1.93. The predicted molar refractivity (Wildman–Crippen MR) is 84.2 cm³/mol. The van der Waals surface area contributed by atoms with Crippen LogP contribution >= 0.6 is 0 Å². The van der Waals surface area contributed by atoms with Gasteiger partial charge in [0, 0.05) is 32.5 Å². The van der Waals surface area contributed by atoms with Gasteiger partial charge in [0.1, 0.15) is 12.2 Å². The Morgan fingerprint density at radius 3 is 2.62 bits per heavy atom. The largest absolute Gasteiger partial charge is 0.343 e. The lowest BCUT2D eigenvalue weighted by molar-refractivity contribution is -0.132. The van der Waals surface area contributed by atoms with Crippen molar-refractivity contribution in [2.75, 3.05) is 13.1 Å². The molecule has 0 bridgehead atoms. The number of aromatic nitrogens is 3. The van der Waals surface area contributed by atoms with Crippen LogP contribution in [0.4, 0.5) is 8.78 Å². The van der Waals surface area contributed by atoms with E-state index < -0.39 is 11.6 Å². The zero-order valence-electron chi connectivity index (χ0n) is 13.6. The molecule has 24 heavy (non-hydrogen) atoms. The monoisotopic (exact) mass is 334 g/mol. The van der Waals surface area contributed by atoms with Gasteiger partial charge in [0.2, 0.25) is 5.91 Å². The smallest absolute Gasteiger partial charge is 0.222 e. The van der Waals surface area contributed by atoms with Crippen molar-refractivity contribution in [3.05, 3.63) is 47.5 Å². The minimum atomic E-state index is -0.871. The molecule has 128 valence electrons. The summed E-state index contributed by atoms with van der Waals surface area (Å²) >= 11 is 0. The summed E-state index contributed by atoms with van der Waals surface area (Å²) < 4.78 is 28.0. The lowest BCUT2D eigenvalue weighted by Gasteiger charge is -2.31. The van der Waals surface area contributed by atoms with E-state index in [0.717, 1.165) is 30.8 Å². The number of likely N-dealkylation sites (tertiary alicyclic amines) is 1. The van der Waals surface area contributed by atoms with Gasteiger partial charge in [-0.05, 0) is 37.0 Å². The van der Waals surface area contributed by atoms with Gasteiger partial charge in [-0.1, -0.05) is 6.07 Å². The Morgan fingerprint density at radius 2 is 2.00 bits per heavy atom. The third-order valence-corrected chi connectivity index (χ3v) is 4.57. The first-order valence-corrected chi connectivity index (χ1v) is 8.10. The second kappa shape index (κ2) is 7.07. The number of aryl methyl sites for hydroxylation is 2. The lowest BCUT2D eigenvalue weighted by Crippen LogP contribution is -2.38. The number of halogens is 2. The molecule has 1 aliphatic rings. The molecule has 1 fully saturated rings. The number of amides is 1. The van der Waals surface area contributed by atoms with Gasteiger partial charge in [-0.25, -0.2) is 8.78 Å². The van der Waals surface area contributed by atoms with Gasteiger partial charge < -0.3 is 9.47 Å². The molecule has 1 aromatic carbocycles. The molecule has 5 nitrogen and oxygen atoms in total. The second-order valence-electron chi connectivity index (χ2n) is 6.20. The summed E-state index contributed by atoms with van der Waals surface area (Å²) in [6, 6.07) is 3.77. The fourth-order valence-electron chi connectivity index (χ4n) is 3.15. The molecule has 0 unspecified atom stereocenters. The van der Waals surface area contributed by atoms with E-state index in [1.165, 1.54) is 6.07 Å². The van der Waals surface area contributed by atoms with E-state index in [9.17, 15) is 13.6 Å². The minimum absolute atomic E-state index is 0.0520. The summed E-state index contributed by atoms with van der Waals surface area (Å²) in [6.45, 7) is 1.38. The quantitative estimate of drug-likeness (QED) is 0.863. The maximum absolute atomic E-state index is 13.2. The van der Waals surface area contributed by atoms with E-state index in [0.29, 0.717) is 37.4 Å². The summed E-state index contributed by atoms with van der Waals surface area (Å²) in [5.41, 5.74) is 0.635. The van der Waals surface area contributed by atoms with Crippen molar-refractivity contribution in [2.24, 2.45) is 7.05 Å². The van der Waals surface area contributed by atoms with Gasteiger partial charge in [-0.3, -0.25) is 4.79 Å². The van der Waals surface area contributed by atoms with E-state index in [2.05, 4.69) is 10.2 Å². The number of rotatable bonds is 4. The number of carbonyl (C=O) groups is 1. The van der Waals surface area contributed by atoms with Crippen molar-refractivity contribution in [3.8, 4) is 0 Å². The van der Waals surface area contributed by atoms with E-state index in [-0.39, 0.29) is 5.91 Å². The Morgan fingerprint density at radius 1 is 1.25 bits per heavy atom. The zero-order chi connectivity index (χ0) is 17.1. The number of hydrogen-bond acceptors (Lipinski definition) is 3. The highest BCUT2D eigenvalue weighted by atomic mass is 19.2. The first-order chi connectivity index (χ1) is 11.5. The SMILES string of the molecule is Cn1cnnc1C1CCN(C(=O)CCc2ccc(F)c(F)c2)CC1. The Labute approximate surface area is 139 Å². The van der Waals surface area contributed by atoms with Gasteiger partial charge in [-0.2, -0.15) is 0 Å². The highest BCUT2D eigenvalue weighted by Crippen LogP contribution is 2.26. The van der Waals surface area contributed by atoms with Crippen LogP contribution in [0.1, 0.15) is 36.6 Å². The van der Waals surface area contributed by atoms with E-state index in [1.807, 2.05) is 16.5 Å². The fourth-order valence-corrected chi connectivity index (χ4v) is 3.15. The molecule has 0 radical (unpaired) electrons. The first kappa shape index (κ1) is 16.5.